The van der Waals surface area contributed by atoms with Gasteiger partial charge in [-0.25, -0.2) is 0 Å². The van der Waals surface area contributed by atoms with Gasteiger partial charge >= 0.3 is 0 Å². The molecule has 1 aromatic heterocycles. The zero-order chi connectivity index (χ0) is 20.2. The van der Waals surface area contributed by atoms with E-state index in [4.69, 9.17) is 4.74 Å². The molecule has 0 aliphatic heterocycles. The highest BCUT2D eigenvalue weighted by molar-refractivity contribution is 5.97. The molecule has 29 heavy (non-hydrogen) atoms. The topological polar surface area (TPSA) is 109 Å². The molecule has 150 valence electrons. The number of ether oxygens (including phenoxy) is 1. The quantitative estimate of drug-likeness (QED) is 0.618. The molecule has 3 N–H and O–H groups in total. The van der Waals surface area contributed by atoms with E-state index in [-0.39, 0.29) is 23.8 Å². The number of para-hydroxylation sites is 1. The van der Waals surface area contributed by atoms with E-state index >= 15 is 0 Å². The first kappa shape index (κ1) is 18.9. The van der Waals surface area contributed by atoms with Gasteiger partial charge < -0.3 is 15.4 Å². The van der Waals surface area contributed by atoms with E-state index in [1.807, 2.05) is 24.3 Å². The summed E-state index contributed by atoms with van der Waals surface area (Å²) >= 11 is 0. The van der Waals surface area contributed by atoms with Gasteiger partial charge in [0.05, 0.1) is 12.7 Å². The highest BCUT2D eigenvalue weighted by Gasteiger charge is 2.28. The number of rotatable bonds is 5. The third kappa shape index (κ3) is 4.21. The summed E-state index contributed by atoms with van der Waals surface area (Å²) in [6.07, 6.45) is 2.99. The minimum Gasteiger partial charge on any atom is -0.496 e. The van der Waals surface area contributed by atoms with Crippen LogP contribution in [0.5, 0.6) is 5.75 Å². The second-order valence-electron chi connectivity index (χ2n) is 7.24. The molecule has 2 amide bonds. The van der Waals surface area contributed by atoms with Crippen LogP contribution in [0.25, 0.3) is 11.0 Å². The van der Waals surface area contributed by atoms with Crippen LogP contribution in [-0.2, 0) is 4.79 Å². The molecule has 1 aliphatic carbocycles. The van der Waals surface area contributed by atoms with Gasteiger partial charge in [0, 0.05) is 17.6 Å². The van der Waals surface area contributed by atoms with Crippen LogP contribution in [0.15, 0.2) is 42.5 Å². The maximum atomic E-state index is 12.6. The first-order chi connectivity index (χ1) is 14.1. The lowest BCUT2D eigenvalue weighted by molar-refractivity contribution is -0.120. The molecule has 0 unspecified atom stereocenters. The van der Waals surface area contributed by atoms with Gasteiger partial charge in [-0.15, -0.1) is 0 Å². The van der Waals surface area contributed by atoms with Crippen molar-refractivity contribution in [3.05, 3.63) is 48.0 Å². The number of hydrogen-bond acceptors (Lipinski definition) is 5. The zero-order valence-corrected chi connectivity index (χ0v) is 16.1. The Morgan fingerprint density at radius 3 is 2.59 bits per heavy atom. The van der Waals surface area contributed by atoms with Gasteiger partial charge in [0.15, 0.2) is 0 Å². The number of methoxy groups -OCH3 is 1. The van der Waals surface area contributed by atoms with Crippen molar-refractivity contribution in [2.24, 2.45) is 5.92 Å². The second kappa shape index (κ2) is 8.30. The van der Waals surface area contributed by atoms with Crippen molar-refractivity contribution in [2.45, 2.75) is 31.7 Å². The van der Waals surface area contributed by atoms with Crippen LogP contribution in [0.2, 0.25) is 0 Å². The van der Waals surface area contributed by atoms with E-state index < -0.39 is 0 Å². The normalized spacial score (nSPS) is 18.9. The van der Waals surface area contributed by atoms with Crippen LogP contribution >= 0.6 is 0 Å². The number of carbonyl (C=O) groups is 2. The molecule has 8 nitrogen and oxygen atoms in total. The van der Waals surface area contributed by atoms with Crippen molar-refractivity contribution in [3.63, 3.8) is 0 Å². The van der Waals surface area contributed by atoms with Gasteiger partial charge in [-0.2, -0.15) is 15.4 Å². The lowest BCUT2D eigenvalue weighted by Gasteiger charge is -2.28. The SMILES string of the molecule is COc1ccccc1C(=O)NC1CCC(C(=O)Nc2ccc3n[nH]nc3c2)CC1. The van der Waals surface area contributed by atoms with Crippen LogP contribution in [-0.4, -0.2) is 40.4 Å². The minimum absolute atomic E-state index is 0.00218. The van der Waals surface area contributed by atoms with Gasteiger partial charge in [0.25, 0.3) is 5.91 Å². The predicted octanol–water partition coefficient (Wildman–Crippen LogP) is 2.89. The van der Waals surface area contributed by atoms with E-state index in [0.29, 0.717) is 22.5 Å². The highest BCUT2D eigenvalue weighted by atomic mass is 16.5. The molecule has 0 atom stereocenters. The van der Waals surface area contributed by atoms with Crippen LogP contribution < -0.4 is 15.4 Å². The standard InChI is InChI=1S/C21H23N5O3/c1-29-19-5-3-2-4-16(19)21(28)22-14-8-6-13(7-9-14)20(27)23-15-10-11-17-18(12-15)25-26-24-17/h2-5,10-14H,6-9H2,1H3,(H,22,28)(H,23,27)(H,24,25,26). The highest BCUT2D eigenvalue weighted by Crippen LogP contribution is 2.27. The largest absolute Gasteiger partial charge is 0.496 e. The second-order valence-corrected chi connectivity index (χ2v) is 7.24. The first-order valence-electron chi connectivity index (χ1n) is 9.69. The Morgan fingerprint density at radius 2 is 1.79 bits per heavy atom. The average molecular weight is 393 g/mol. The molecule has 2 aromatic carbocycles. The Kier molecular flexibility index (Phi) is 5.41. The predicted molar refractivity (Wildman–Crippen MR) is 109 cm³/mol. The van der Waals surface area contributed by atoms with E-state index in [2.05, 4.69) is 26.0 Å². The smallest absolute Gasteiger partial charge is 0.255 e. The maximum Gasteiger partial charge on any atom is 0.255 e. The molecule has 8 heteroatoms. The van der Waals surface area contributed by atoms with E-state index in [1.165, 1.54) is 0 Å². The Hall–Kier alpha value is -3.42. The van der Waals surface area contributed by atoms with E-state index in [0.717, 1.165) is 31.2 Å². The zero-order valence-electron chi connectivity index (χ0n) is 16.1. The van der Waals surface area contributed by atoms with Crippen molar-refractivity contribution < 1.29 is 14.3 Å². The molecule has 0 saturated heterocycles. The summed E-state index contributed by atoms with van der Waals surface area (Å²) in [5.41, 5.74) is 2.71. The van der Waals surface area contributed by atoms with Crippen LogP contribution in [0.3, 0.4) is 0 Å². The number of amides is 2. The third-order valence-corrected chi connectivity index (χ3v) is 5.37. The first-order valence-corrected chi connectivity index (χ1v) is 9.69. The summed E-state index contributed by atoms with van der Waals surface area (Å²) in [4.78, 5) is 25.2. The molecule has 1 aliphatic rings. The molecule has 1 fully saturated rings. The lowest BCUT2D eigenvalue weighted by Crippen LogP contribution is -2.39. The number of aromatic nitrogens is 3. The molecule has 4 rings (SSSR count). The number of nitrogens with one attached hydrogen (secondary N) is 3. The number of fused-ring (bicyclic) bond motifs is 1. The summed E-state index contributed by atoms with van der Waals surface area (Å²) in [6, 6.07) is 12.7. The van der Waals surface area contributed by atoms with Gasteiger partial charge in [0.1, 0.15) is 16.8 Å². The molecule has 1 heterocycles. The molecular formula is C21H23N5O3. The summed E-state index contributed by atoms with van der Waals surface area (Å²) in [7, 11) is 1.55. The van der Waals surface area contributed by atoms with Crippen LogP contribution in [0, 0.1) is 5.92 Å². The Bertz CT molecular complexity index is 1020. The fraction of sp³-hybridized carbons (Fsp3) is 0.333. The van der Waals surface area contributed by atoms with Crippen molar-refractivity contribution in [2.75, 3.05) is 12.4 Å². The van der Waals surface area contributed by atoms with Gasteiger partial charge in [-0.1, -0.05) is 12.1 Å². The van der Waals surface area contributed by atoms with Crippen molar-refractivity contribution in [3.8, 4) is 5.75 Å². The molecule has 0 radical (unpaired) electrons. The summed E-state index contributed by atoms with van der Waals surface area (Å²) in [5, 5.41) is 16.6. The Balaban J connectivity index is 1.30. The Morgan fingerprint density at radius 1 is 1.03 bits per heavy atom. The molecular weight excluding hydrogens is 370 g/mol. The number of nitrogens with zero attached hydrogens (tertiary/aromatic N) is 2. The van der Waals surface area contributed by atoms with Gasteiger partial charge in [-0.3, -0.25) is 9.59 Å². The van der Waals surface area contributed by atoms with Gasteiger partial charge in [-0.05, 0) is 56.0 Å². The maximum absolute atomic E-state index is 12.6. The number of carbonyl (C=O) groups excluding carboxylic acids is 2. The fourth-order valence-corrected chi connectivity index (χ4v) is 3.76. The van der Waals surface area contributed by atoms with E-state index in [9.17, 15) is 9.59 Å². The lowest BCUT2D eigenvalue weighted by atomic mass is 9.85. The summed E-state index contributed by atoms with van der Waals surface area (Å²) < 4.78 is 5.26. The van der Waals surface area contributed by atoms with Crippen LogP contribution in [0.1, 0.15) is 36.0 Å². The number of H-pyrrole nitrogens is 1. The third-order valence-electron chi connectivity index (χ3n) is 5.37. The average Bonchev–Trinajstić information content (AvgIpc) is 3.22. The molecule has 0 spiro atoms. The van der Waals surface area contributed by atoms with Crippen molar-refractivity contribution >= 4 is 28.5 Å². The van der Waals surface area contributed by atoms with Crippen molar-refractivity contribution in [1.29, 1.82) is 0 Å². The molecule has 1 saturated carbocycles. The minimum atomic E-state index is -0.142. The monoisotopic (exact) mass is 393 g/mol. The Labute approximate surface area is 168 Å². The fourth-order valence-electron chi connectivity index (χ4n) is 3.76. The number of hydrogen-bond donors (Lipinski definition) is 3. The molecule has 3 aromatic rings. The molecule has 0 bridgehead atoms. The van der Waals surface area contributed by atoms with E-state index in [1.54, 1.807) is 25.3 Å². The summed E-state index contributed by atoms with van der Waals surface area (Å²) in [5.74, 6) is 0.350. The number of aromatic amines is 1. The number of anilines is 1. The van der Waals surface area contributed by atoms with Crippen molar-refractivity contribution in [1.82, 2.24) is 20.7 Å². The summed E-state index contributed by atoms with van der Waals surface area (Å²) in [6.45, 7) is 0. The number of benzene rings is 2. The van der Waals surface area contributed by atoms with Gasteiger partial charge in [0.2, 0.25) is 5.91 Å². The van der Waals surface area contributed by atoms with Crippen LogP contribution in [0.4, 0.5) is 5.69 Å².